The summed E-state index contributed by atoms with van der Waals surface area (Å²) in [4.78, 5) is 25.0. The molecule has 3 rings (SSSR count). The number of anilines is 3. The summed E-state index contributed by atoms with van der Waals surface area (Å²) in [6.07, 6.45) is 2.17. The fourth-order valence-corrected chi connectivity index (χ4v) is 3.70. The van der Waals surface area contributed by atoms with Gasteiger partial charge in [0.2, 0.25) is 0 Å². The predicted octanol–water partition coefficient (Wildman–Crippen LogP) is 6.76. The second kappa shape index (κ2) is 12.7. The highest BCUT2D eigenvalue weighted by Crippen LogP contribution is 2.35. The number of carbonyl (C=O) groups excluding carboxylic acids is 2. The molecular formula is C30H35NO4. The van der Waals surface area contributed by atoms with Crippen LogP contribution in [0, 0.1) is 13.8 Å². The van der Waals surface area contributed by atoms with Crippen LogP contribution in [0.1, 0.15) is 48.9 Å². The molecule has 184 valence electrons. The summed E-state index contributed by atoms with van der Waals surface area (Å²) in [5.41, 5.74) is 7.91. The lowest BCUT2D eigenvalue weighted by molar-refractivity contribution is -0.144. The third-order valence-electron chi connectivity index (χ3n) is 6.02. The number of ether oxygens (including phenoxy) is 2. The van der Waals surface area contributed by atoms with Gasteiger partial charge in [-0.2, -0.15) is 0 Å². The molecule has 35 heavy (non-hydrogen) atoms. The molecule has 0 aliphatic rings. The van der Waals surface area contributed by atoms with Crippen LogP contribution in [0.4, 0.5) is 17.1 Å². The molecule has 0 heterocycles. The maximum atomic E-state index is 11.4. The second-order valence-corrected chi connectivity index (χ2v) is 8.58. The van der Waals surface area contributed by atoms with Crippen LogP contribution in [0.3, 0.4) is 0 Å². The van der Waals surface area contributed by atoms with E-state index in [1.54, 1.807) is 13.8 Å². The zero-order valence-electron chi connectivity index (χ0n) is 21.2. The van der Waals surface area contributed by atoms with E-state index in [0.717, 1.165) is 28.2 Å². The highest BCUT2D eigenvalue weighted by atomic mass is 16.5. The average molecular weight is 474 g/mol. The molecule has 5 nitrogen and oxygen atoms in total. The van der Waals surface area contributed by atoms with Crippen molar-refractivity contribution in [1.29, 1.82) is 0 Å². The molecule has 0 amide bonds. The van der Waals surface area contributed by atoms with Crippen LogP contribution in [0.25, 0.3) is 0 Å². The van der Waals surface area contributed by atoms with Crippen molar-refractivity contribution >= 4 is 29.0 Å². The van der Waals surface area contributed by atoms with Crippen molar-refractivity contribution in [2.24, 2.45) is 0 Å². The minimum Gasteiger partial charge on any atom is -0.465 e. The van der Waals surface area contributed by atoms with Gasteiger partial charge in [0.1, 0.15) is 0 Å². The Hall–Kier alpha value is -3.60. The number of esters is 2. The maximum Gasteiger partial charge on any atom is 0.305 e. The largest absolute Gasteiger partial charge is 0.465 e. The van der Waals surface area contributed by atoms with E-state index in [9.17, 15) is 9.59 Å². The lowest BCUT2D eigenvalue weighted by Gasteiger charge is -2.26. The third-order valence-corrected chi connectivity index (χ3v) is 6.02. The summed E-state index contributed by atoms with van der Waals surface area (Å²) in [7, 11) is 0. The summed E-state index contributed by atoms with van der Waals surface area (Å²) >= 11 is 0. The summed E-state index contributed by atoms with van der Waals surface area (Å²) < 4.78 is 10.4. The monoisotopic (exact) mass is 473 g/mol. The highest BCUT2D eigenvalue weighted by Gasteiger charge is 2.14. The molecule has 0 aromatic heterocycles. The topological polar surface area (TPSA) is 55.8 Å². The molecular weight excluding hydrogens is 438 g/mol. The van der Waals surface area contributed by atoms with Gasteiger partial charge in [0.15, 0.2) is 0 Å². The zero-order valence-corrected chi connectivity index (χ0v) is 21.2. The first-order chi connectivity index (χ1) is 16.9. The van der Waals surface area contributed by atoms with E-state index in [2.05, 4.69) is 85.5 Å². The normalized spacial score (nSPS) is 10.6. The van der Waals surface area contributed by atoms with Crippen LogP contribution in [0.5, 0.6) is 0 Å². The molecule has 0 saturated carbocycles. The molecule has 0 spiro atoms. The van der Waals surface area contributed by atoms with E-state index in [0.29, 0.717) is 38.9 Å². The number of carbonyl (C=O) groups is 2. The first-order valence-electron chi connectivity index (χ1n) is 12.3. The van der Waals surface area contributed by atoms with E-state index in [-0.39, 0.29) is 11.9 Å². The molecule has 0 saturated heterocycles. The van der Waals surface area contributed by atoms with Crippen molar-refractivity contribution in [2.45, 2.75) is 53.4 Å². The minimum absolute atomic E-state index is 0.172. The van der Waals surface area contributed by atoms with Gasteiger partial charge >= 0.3 is 11.9 Å². The van der Waals surface area contributed by atoms with Crippen LogP contribution in [0.2, 0.25) is 0 Å². The van der Waals surface area contributed by atoms with Crippen molar-refractivity contribution in [3.05, 3.63) is 89.0 Å². The van der Waals surface area contributed by atoms with Gasteiger partial charge in [-0.1, -0.05) is 44.2 Å². The quantitative estimate of drug-likeness (QED) is 0.288. The maximum absolute atomic E-state index is 11.4. The summed E-state index contributed by atoms with van der Waals surface area (Å²) in [6, 6.07) is 23.2. The van der Waals surface area contributed by atoms with Crippen molar-refractivity contribution in [3.63, 3.8) is 0 Å². The Bertz CT molecular complexity index is 1050. The highest BCUT2D eigenvalue weighted by molar-refractivity contribution is 5.77. The molecule has 5 heteroatoms. The Labute approximate surface area is 208 Å². The van der Waals surface area contributed by atoms with E-state index in [4.69, 9.17) is 9.47 Å². The van der Waals surface area contributed by atoms with Gasteiger partial charge in [0, 0.05) is 42.7 Å². The molecule has 0 radical (unpaired) electrons. The van der Waals surface area contributed by atoms with Gasteiger partial charge in [-0.15, -0.1) is 0 Å². The van der Waals surface area contributed by atoms with Gasteiger partial charge < -0.3 is 14.4 Å². The van der Waals surface area contributed by atoms with Gasteiger partial charge in [0.25, 0.3) is 0 Å². The fourth-order valence-electron chi connectivity index (χ4n) is 3.70. The first-order valence-corrected chi connectivity index (χ1v) is 12.3. The van der Waals surface area contributed by atoms with Crippen LogP contribution >= 0.6 is 0 Å². The number of benzene rings is 3. The molecule has 0 fully saturated rings. The summed E-state index contributed by atoms with van der Waals surface area (Å²) in [5.74, 6) is -0.344. The fraction of sp³-hybridized carbons (Fsp3) is 0.333. The molecule has 0 aliphatic heterocycles. The van der Waals surface area contributed by atoms with Gasteiger partial charge in [-0.25, -0.2) is 0 Å². The van der Waals surface area contributed by atoms with Gasteiger partial charge in [0.05, 0.1) is 13.2 Å². The van der Waals surface area contributed by atoms with Crippen LogP contribution in [0.15, 0.2) is 66.7 Å². The Balaban J connectivity index is 1.81. The van der Waals surface area contributed by atoms with Crippen LogP contribution < -0.4 is 4.90 Å². The Morgan fingerprint density at radius 2 is 1.06 bits per heavy atom. The zero-order chi connectivity index (χ0) is 25.2. The predicted molar refractivity (Wildman–Crippen MR) is 141 cm³/mol. The Morgan fingerprint density at radius 1 is 0.629 bits per heavy atom. The van der Waals surface area contributed by atoms with E-state index < -0.39 is 0 Å². The molecule has 3 aromatic rings. The Kier molecular flexibility index (Phi) is 9.47. The number of hydrogen-bond acceptors (Lipinski definition) is 5. The first kappa shape index (κ1) is 26.0. The van der Waals surface area contributed by atoms with Crippen molar-refractivity contribution in [2.75, 3.05) is 18.1 Å². The average Bonchev–Trinajstić information content (AvgIpc) is 2.88. The lowest BCUT2D eigenvalue weighted by atomic mass is 10.1. The van der Waals surface area contributed by atoms with E-state index in [1.807, 2.05) is 0 Å². The Morgan fingerprint density at radius 3 is 1.46 bits per heavy atom. The number of rotatable bonds is 11. The number of hydrogen-bond donors (Lipinski definition) is 0. The van der Waals surface area contributed by atoms with Crippen LogP contribution in [-0.2, 0) is 31.9 Å². The van der Waals surface area contributed by atoms with Gasteiger partial charge in [-0.3, -0.25) is 9.59 Å². The van der Waals surface area contributed by atoms with E-state index >= 15 is 0 Å². The molecule has 0 aliphatic carbocycles. The van der Waals surface area contributed by atoms with Crippen molar-refractivity contribution in [1.82, 2.24) is 0 Å². The number of nitrogens with zero attached hydrogens (tertiary/aromatic N) is 1. The smallest absolute Gasteiger partial charge is 0.305 e. The molecule has 0 unspecified atom stereocenters. The minimum atomic E-state index is -0.172. The third kappa shape index (κ3) is 7.44. The van der Waals surface area contributed by atoms with E-state index in [1.165, 1.54) is 11.1 Å². The summed E-state index contributed by atoms with van der Waals surface area (Å²) in [6.45, 7) is 8.62. The summed E-state index contributed by atoms with van der Waals surface area (Å²) in [5, 5.41) is 0. The lowest BCUT2D eigenvalue weighted by Crippen LogP contribution is -2.11. The molecule has 0 atom stereocenters. The second-order valence-electron chi connectivity index (χ2n) is 8.58. The number of aryl methyl sites for hydroxylation is 2. The van der Waals surface area contributed by atoms with Gasteiger partial charge in [-0.05, 0) is 72.5 Å². The van der Waals surface area contributed by atoms with Crippen molar-refractivity contribution < 1.29 is 19.1 Å². The molecule has 3 aromatic carbocycles. The van der Waals surface area contributed by atoms with Crippen molar-refractivity contribution in [3.8, 4) is 0 Å². The molecule has 0 N–H and O–H groups in total. The SMILES string of the molecule is CCC(=O)OCCc1ccc(N(c2ccc(CCOC(=O)CC)cc2)c2ccc(C)c(C)c2)cc1. The molecule has 0 bridgehead atoms. The standard InChI is InChI=1S/C30H35NO4/c1-5-29(32)34-19-17-24-8-13-26(14-9-24)31(28-12-7-22(3)23(4)21-28)27-15-10-25(11-16-27)18-20-35-30(33)6-2/h7-16,21H,5-6,17-20H2,1-4H3. The van der Waals surface area contributed by atoms with Crippen LogP contribution in [-0.4, -0.2) is 25.2 Å².